The minimum atomic E-state index is -0.515. The molecule has 148 valence electrons. The van der Waals surface area contributed by atoms with E-state index in [9.17, 15) is 9.90 Å². The molecular weight excluding hydrogens is 362 g/mol. The summed E-state index contributed by atoms with van der Waals surface area (Å²) in [6.07, 6.45) is 7.44. The zero-order chi connectivity index (χ0) is 18.8. The van der Waals surface area contributed by atoms with Gasteiger partial charge in [-0.05, 0) is 51.0 Å². The van der Waals surface area contributed by atoms with Gasteiger partial charge in [0.25, 0.3) is 5.56 Å². The molecular formula is C20H29N3O3S. The largest absolute Gasteiger partial charge is 0.389 e. The van der Waals surface area contributed by atoms with Gasteiger partial charge in [0.1, 0.15) is 10.7 Å². The molecule has 6 nitrogen and oxygen atoms in total. The minimum absolute atomic E-state index is 0.0000109. The molecule has 2 heterocycles. The average molecular weight is 392 g/mol. The third-order valence-corrected chi connectivity index (χ3v) is 6.69. The number of aliphatic hydroxyl groups is 1. The minimum Gasteiger partial charge on any atom is -0.389 e. The Morgan fingerprint density at radius 1 is 1.33 bits per heavy atom. The highest BCUT2D eigenvalue weighted by Gasteiger charge is 2.31. The highest BCUT2D eigenvalue weighted by molar-refractivity contribution is 7.18. The molecule has 7 heteroatoms. The van der Waals surface area contributed by atoms with E-state index >= 15 is 0 Å². The van der Waals surface area contributed by atoms with E-state index in [2.05, 4.69) is 9.88 Å². The Labute approximate surface area is 163 Å². The maximum absolute atomic E-state index is 12.8. The van der Waals surface area contributed by atoms with E-state index in [-0.39, 0.29) is 5.56 Å². The number of aromatic nitrogens is 2. The van der Waals surface area contributed by atoms with E-state index < -0.39 is 6.10 Å². The molecule has 2 aliphatic rings. The number of fused-ring (bicyclic) bond motifs is 3. The Hall–Kier alpha value is -1.28. The Morgan fingerprint density at radius 3 is 2.93 bits per heavy atom. The number of H-pyrrole nitrogens is 1. The van der Waals surface area contributed by atoms with Crippen molar-refractivity contribution in [2.24, 2.45) is 0 Å². The van der Waals surface area contributed by atoms with Crippen molar-refractivity contribution in [3.05, 3.63) is 26.6 Å². The van der Waals surface area contributed by atoms with E-state index in [1.807, 2.05) is 6.92 Å². The molecule has 1 fully saturated rings. The lowest BCUT2D eigenvalue weighted by molar-refractivity contribution is 0.0174. The van der Waals surface area contributed by atoms with Gasteiger partial charge < -0.3 is 14.8 Å². The molecule has 0 saturated heterocycles. The van der Waals surface area contributed by atoms with E-state index in [4.69, 9.17) is 9.72 Å². The summed E-state index contributed by atoms with van der Waals surface area (Å²) in [5, 5.41) is 11.0. The Bertz CT molecular complexity index is 843. The first-order chi connectivity index (χ1) is 13.2. The molecule has 0 radical (unpaired) electrons. The fourth-order valence-electron chi connectivity index (χ4n) is 4.01. The van der Waals surface area contributed by atoms with Gasteiger partial charge >= 0.3 is 0 Å². The first-order valence-electron chi connectivity index (χ1n) is 10.2. The number of rotatable bonds is 8. The predicted molar refractivity (Wildman–Crippen MR) is 107 cm³/mol. The summed E-state index contributed by atoms with van der Waals surface area (Å²) < 4.78 is 5.33. The van der Waals surface area contributed by atoms with E-state index in [1.54, 1.807) is 11.3 Å². The van der Waals surface area contributed by atoms with Crippen LogP contribution in [0.5, 0.6) is 0 Å². The maximum Gasteiger partial charge on any atom is 0.259 e. The fraction of sp³-hybridized carbons (Fsp3) is 0.700. The van der Waals surface area contributed by atoms with E-state index in [0.717, 1.165) is 42.3 Å². The molecule has 0 aromatic carbocycles. The quantitative estimate of drug-likeness (QED) is 0.677. The molecule has 1 atom stereocenters. The summed E-state index contributed by atoms with van der Waals surface area (Å²) in [6.45, 7) is 4.00. The number of ether oxygens (including phenoxy) is 1. The van der Waals surface area contributed by atoms with Gasteiger partial charge in [-0.1, -0.05) is 6.42 Å². The number of nitrogens with one attached hydrogen (secondary N) is 1. The van der Waals surface area contributed by atoms with Crippen molar-refractivity contribution >= 4 is 21.6 Å². The number of aryl methyl sites for hydroxylation is 2. The normalized spacial score (nSPS) is 18.6. The van der Waals surface area contributed by atoms with E-state index in [1.165, 1.54) is 23.3 Å². The molecule has 2 aromatic rings. The molecule has 2 N–H and O–H groups in total. The zero-order valence-electron chi connectivity index (χ0n) is 16.0. The van der Waals surface area contributed by atoms with Crippen LogP contribution < -0.4 is 5.56 Å². The van der Waals surface area contributed by atoms with Crippen molar-refractivity contribution in [3.63, 3.8) is 0 Å². The second-order valence-corrected chi connectivity index (χ2v) is 8.81. The van der Waals surface area contributed by atoms with Gasteiger partial charge in [0, 0.05) is 24.1 Å². The molecule has 1 unspecified atom stereocenters. The molecule has 1 saturated carbocycles. The molecule has 27 heavy (non-hydrogen) atoms. The van der Waals surface area contributed by atoms with Gasteiger partial charge in [0.15, 0.2) is 0 Å². The van der Waals surface area contributed by atoms with Crippen molar-refractivity contribution in [3.8, 4) is 0 Å². The lowest BCUT2D eigenvalue weighted by Gasteiger charge is -2.24. The van der Waals surface area contributed by atoms with Crippen LogP contribution in [0, 0.1) is 0 Å². The molecule has 0 amide bonds. The molecule has 0 aliphatic heterocycles. The number of hydrogen-bond donors (Lipinski definition) is 2. The lowest BCUT2D eigenvalue weighted by atomic mass is 10.1. The van der Waals surface area contributed by atoms with Gasteiger partial charge in [-0.3, -0.25) is 9.69 Å². The smallest absolute Gasteiger partial charge is 0.259 e. The second kappa shape index (κ2) is 8.39. The SMILES string of the molecule is CCOCC(O)CN(Cc1nc2sc3c(c2c(=O)[nH]1)CCCCC3)C1CC1. The number of thiophene rings is 1. The van der Waals surface area contributed by atoms with Crippen molar-refractivity contribution in [2.45, 2.75) is 70.6 Å². The first-order valence-corrected chi connectivity index (χ1v) is 11.0. The van der Waals surface area contributed by atoms with E-state index in [0.29, 0.717) is 38.2 Å². The third kappa shape index (κ3) is 4.42. The maximum atomic E-state index is 12.8. The zero-order valence-corrected chi connectivity index (χ0v) is 16.8. The molecule has 2 aliphatic carbocycles. The predicted octanol–water partition coefficient (Wildman–Crippen LogP) is 2.62. The van der Waals surface area contributed by atoms with Gasteiger partial charge in [-0.2, -0.15) is 0 Å². The van der Waals surface area contributed by atoms with Gasteiger partial charge in [0.2, 0.25) is 0 Å². The number of nitrogens with zero attached hydrogens (tertiary/aromatic N) is 2. The third-order valence-electron chi connectivity index (χ3n) is 5.50. The van der Waals surface area contributed by atoms with Gasteiger partial charge in [-0.15, -0.1) is 11.3 Å². The van der Waals surface area contributed by atoms with Gasteiger partial charge in [-0.25, -0.2) is 4.98 Å². The summed E-state index contributed by atoms with van der Waals surface area (Å²) >= 11 is 1.70. The van der Waals surface area contributed by atoms with Crippen LogP contribution in [0.3, 0.4) is 0 Å². The standard InChI is InChI=1S/C20H29N3O3S/c1-2-26-12-14(24)10-23(13-8-9-13)11-17-21-19(25)18-15-6-4-3-5-7-16(15)27-20(18)22-17/h13-14,24H,2-12H2,1H3,(H,21,22,25). The van der Waals surface area contributed by atoms with Crippen LogP contribution in [0.4, 0.5) is 0 Å². The summed E-state index contributed by atoms with van der Waals surface area (Å²) in [4.78, 5) is 25.1. The van der Waals surface area contributed by atoms with Crippen LogP contribution in [0.15, 0.2) is 4.79 Å². The number of aromatic amines is 1. The summed E-state index contributed by atoms with van der Waals surface area (Å²) in [5.74, 6) is 0.708. The van der Waals surface area contributed by atoms with Crippen LogP contribution in [0.2, 0.25) is 0 Å². The molecule has 0 bridgehead atoms. The van der Waals surface area contributed by atoms with Crippen LogP contribution in [-0.2, 0) is 24.1 Å². The Kier molecular flexibility index (Phi) is 5.92. The van der Waals surface area contributed by atoms with Crippen molar-refractivity contribution in [2.75, 3.05) is 19.8 Å². The van der Waals surface area contributed by atoms with Crippen molar-refractivity contribution < 1.29 is 9.84 Å². The Balaban J connectivity index is 1.55. The highest BCUT2D eigenvalue weighted by atomic mass is 32.1. The van der Waals surface area contributed by atoms with Crippen LogP contribution in [-0.4, -0.2) is 51.9 Å². The summed E-state index contributed by atoms with van der Waals surface area (Å²) in [5.41, 5.74) is 1.24. The van der Waals surface area contributed by atoms with Crippen LogP contribution in [0.1, 0.15) is 55.3 Å². The number of hydrogen-bond acceptors (Lipinski definition) is 6. The molecule has 4 rings (SSSR count). The monoisotopic (exact) mass is 391 g/mol. The number of aliphatic hydroxyl groups excluding tert-OH is 1. The highest BCUT2D eigenvalue weighted by Crippen LogP contribution is 2.33. The van der Waals surface area contributed by atoms with Crippen LogP contribution >= 0.6 is 11.3 Å². The fourth-order valence-corrected chi connectivity index (χ4v) is 5.29. The van der Waals surface area contributed by atoms with Crippen molar-refractivity contribution in [1.29, 1.82) is 0 Å². The molecule has 0 spiro atoms. The van der Waals surface area contributed by atoms with Crippen LogP contribution in [0.25, 0.3) is 10.2 Å². The average Bonchev–Trinajstić information content (AvgIpc) is 3.45. The Morgan fingerprint density at radius 2 is 2.15 bits per heavy atom. The van der Waals surface area contributed by atoms with Crippen molar-refractivity contribution in [1.82, 2.24) is 14.9 Å². The molecule has 2 aromatic heterocycles. The lowest BCUT2D eigenvalue weighted by Crippen LogP contribution is -2.37. The first kappa shape index (κ1) is 19.1. The van der Waals surface area contributed by atoms with Gasteiger partial charge in [0.05, 0.1) is 24.6 Å². The topological polar surface area (TPSA) is 78.5 Å². The summed E-state index contributed by atoms with van der Waals surface area (Å²) in [6, 6.07) is 0.474. The second-order valence-electron chi connectivity index (χ2n) is 7.73. The summed E-state index contributed by atoms with van der Waals surface area (Å²) in [7, 11) is 0.